The van der Waals surface area contributed by atoms with Gasteiger partial charge in [-0.1, -0.05) is 54.1 Å². The minimum absolute atomic E-state index is 0.347. The lowest BCUT2D eigenvalue weighted by Crippen LogP contribution is -2.36. The fourth-order valence-corrected chi connectivity index (χ4v) is 5.07. The molecule has 0 bridgehead atoms. The Hall–Kier alpha value is -1.44. The monoisotopic (exact) mass is 465 g/mol. The third-order valence-corrected chi connectivity index (χ3v) is 7.46. The van der Waals surface area contributed by atoms with Gasteiger partial charge in [0, 0.05) is 16.7 Å². The zero-order valence-electron chi connectivity index (χ0n) is 14.2. The standard InChI is InChI=1S/C20H20INO2S/c1-15-8-10-18(11-9-15)25(23,24)22-13-12-16(2)19(14-22)20(21)17-6-4-3-5-7-17/h3-12H,13-14H2,1-2H3/b20-19-. The Morgan fingerprint density at radius 1 is 1.00 bits per heavy atom. The first-order chi connectivity index (χ1) is 11.9. The highest BCUT2D eigenvalue weighted by Gasteiger charge is 2.28. The Balaban J connectivity index is 1.98. The molecule has 0 fully saturated rings. The normalized spacial score (nSPS) is 18.0. The van der Waals surface area contributed by atoms with Gasteiger partial charge >= 0.3 is 0 Å². The second-order valence-corrected chi connectivity index (χ2v) is 9.17. The molecule has 3 rings (SSSR count). The Bertz CT molecular complexity index is 929. The highest BCUT2D eigenvalue weighted by molar-refractivity contribution is 14.1. The van der Waals surface area contributed by atoms with E-state index in [1.807, 2.05) is 50.3 Å². The second-order valence-electron chi connectivity index (χ2n) is 6.16. The van der Waals surface area contributed by atoms with Crippen molar-refractivity contribution in [1.29, 1.82) is 0 Å². The molecule has 0 saturated heterocycles. The van der Waals surface area contributed by atoms with Crippen LogP contribution >= 0.6 is 22.6 Å². The van der Waals surface area contributed by atoms with Gasteiger partial charge in [-0.05, 0) is 65.3 Å². The average Bonchev–Trinajstić information content (AvgIpc) is 2.62. The minimum atomic E-state index is -3.50. The lowest BCUT2D eigenvalue weighted by molar-refractivity contribution is 0.460. The van der Waals surface area contributed by atoms with E-state index >= 15 is 0 Å². The molecule has 0 aromatic heterocycles. The summed E-state index contributed by atoms with van der Waals surface area (Å²) in [6, 6.07) is 17.1. The summed E-state index contributed by atoms with van der Waals surface area (Å²) < 4.78 is 28.6. The molecule has 0 atom stereocenters. The molecule has 25 heavy (non-hydrogen) atoms. The van der Waals surface area contributed by atoms with E-state index in [0.717, 1.165) is 25.9 Å². The molecule has 2 aromatic carbocycles. The third kappa shape index (κ3) is 3.88. The summed E-state index contributed by atoms with van der Waals surface area (Å²) in [5, 5.41) is 0. The number of nitrogens with zero attached hydrogens (tertiary/aromatic N) is 1. The van der Waals surface area contributed by atoms with Crippen molar-refractivity contribution in [2.45, 2.75) is 18.7 Å². The van der Waals surface area contributed by atoms with Gasteiger partial charge in [0.1, 0.15) is 0 Å². The quantitative estimate of drug-likeness (QED) is 0.612. The highest BCUT2D eigenvalue weighted by Crippen LogP contribution is 2.33. The van der Waals surface area contributed by atoms with Crippen LogP contribution in [0.25, 0.3) is 3.58 Å². The van der Waals surface area contributed by atoms with Crippen molar-refractivity contribution in [3.05, 3.63) is 82.9 Å². The molecule has 3 nitrogen and oxygen atoms in total. The van der Waals surface area contributed by atoms with Crippen LogP contribution in [0.4, 0.5) is 0 Å². The van der Waals surface area contributed by atoms with Gasteiger partial charge < -0.3 is 0 Å². The molecule has 0 radical (unpaired) electrons. The molecular weight excluding hydrogens is 445 g/mol. The first-order valence-electron chi connectivity index (χ1n) is 8.07. The molecule has 5 heteroatoms. The van der Waals surface area contributed by atoms with Crippen LogP contribution in [0, 0.1) is 6.92 Å². The van der Waals surface area contributed by atoms with E-state index in [0.29, 0.717) is 18.0 Å². The molecule has 130 valence electrons. The number of benzene rings is 2. The van der Waals surface area contributed by atoms with E-state index in [4.69, 9.17) is 0 Å². The van der Waals surface area contributed by atoms with Gasteiger partial charge in [0.15, 0.2) is 0 Å². The summed E-state index contributed by atoms with van der Waals surface area (Å²) in [5.74, 6) is 0. The Kier molecular flexibility index (Phi) is 5.46. The first-order valence-corrected chi connectivity index (χ1v) is 10.6. The van der Waals surface area contributed by atoms with Gasteiger partial charge in [0.05, 0.1) is 4.90 Å². The average molecular weight is 465 g/mol. The molecule has 1 heterocycles. The summed E-state index contributed by atoms with van der Waals surface area (Å²) in [4.78, 5) is 0.347. The molecule has 0 aliphatic carbocycles. The zero-order valence-corrected chi connectivity index (χ0v) is 17.2. The van der Waals surface area contributed by atoms with Crippen molar-refractivity contribution in [3.8, 4) is 0 Å². The van der Waals surface area contributed by atoms with Crippen LogP contribution in [0.2, 0.25) is 0 Å². The van der Waals surface area contributed by atoms with Crippen LogP contribution < -0.4 is 0 Å². The fourth-order valence-electron chi connectivity index (χ4n) is 2.77. The SMILES string of the molecule is CC1=CCN(S(=O)(=O)c2ccc(C)cc2)C/C1=C(/I)c1ccccc1. The molecule has 0 N–H and O–H groups in total. The molecular formula is C20H20INO2S. The maximum atomic E-state index is 13.0. The molecule has 0 amide bonds. The number of aryl methyl sites for hydroxylation is 1. The van der Waals surface area contributed by atoms with E-state index < -0.39 is 10.0 Å². The number of sulfonamides is 1. The predicted molar refractivity (Wildman–Crippen MR) is 111 cm³/mol. The molecule has 0 unspecified atom stereocenters. The van der Waals surface area contributed by atoms with Crippen LogP contribution in [0.1, 0.15) is 18.1 Å². The summed E-state index contributed by atoms with van der Waals surface area (Å²) >= 11 is 2.32. The highest BCUT2D eigenvalue weighted by atomic mass is 127. The number of rotatable bonds is 3. The van der Waals surface area contributed by atoms with E-state index in [9.17, 15) is 8.42 Å². The number of hydrogen-bond donors (Lipinski definition) is 0. The fraction of sp³-hybridized carbons (Fsp3) is 0.200. The Morgan fingerprint density at radius 3 is 2.28 bits per heavy atom. The van der Waals surface area contributed by atoms with Crippen molar-refractivity contribution in [2.75, 3.05) is 13.1 Å². The largest absolute Gasteiger partial charge is 0.243 e. The maximum absolute atomic E-state index is 13.0. The van der Waals surface area contributed by atoms with Gasteiger partial charge in [-0.3, -0.25) is 0 Å². The first kappa shape index (κ1) is 18.4. The third-order valence-electron chi connectivity index (χ3n) is 4.36. The predicted octanol–water partition coefficient (Wildman–Crippen LogP) is 4.79. The van der Waals surface area contributed by atoms with E-state index in [2.05, 4.69) is 34.7 Å². The van der Waals surface area contributed by atoms with Gasteiger partial charge in [-0.25, -0.2) is 8.42 Å². The number of hydrogen-bond acceptors (Lipinski definition) is 2. The molecule has 1 aliphatic heterocycles. The van der Waals surface area contributed by atoms with Crippen LogP contribution in [-0.2, 0) is 10.0 Å². The van der Waals surface area contributed by atoms with Crippen LogP contribution in [0.5, 0.6) is 0 Å². The van der Waals surface area contributed by atoms with Crippen LogP contribution in [0.3, 0.4) is 0 Å². The van der Waals surface area contributed by atoms with E-state index in [1.165, 1.54) is 0 Å². The lowest BCUT2D eigenvalue weighted by Gasteiger charge is -2.28. The molecule has 0 spiro atoms. The van der Waals surface area contributed by atoms with Crippen molar-refractivity contribution in [3.63, 3.8) is 0 Å². The molecule has 2 aromatic rings. The number of halogens is 1. The lowest BCUT2D eigenvalue weighted by atomic mass is 10.0. The Morgan fingerprint density at radius 2 is 1.64 bits per heavy atom. The van der Waals surface area contributed by atoms with Crippen molar-refractivity contribution in [1.82, 2.24) is 4.31 Å². The molecule has 1 aliphatic rings. The van der Waals surface area contributed by atoms with E-state index in [1.54, 1.807) is 16.4 Å². The maximum Gasteiger partial charge on any atom is 0.243 e. The molecule has 0 saturated carbocycles. The van der Waals surface area contributed by atoms with Crippen molar-refractivity contribution < 1.29 is 8.42 Å². The van der Waals surface area contributed by atoms with Crippen molar-refractivity contribution in [2.24, 2.45) is 0 Å². The zero-order chi connectivity index (χ0) is 18.0. The van der Waals surface area contributed by atoms with Crippen LogP contribution in [0.15, 0.2) is 76.7 Å². The van der Waals surface area contributed by atoms with Crippen LogP contribution in [-0.4, -0.2) is 25.8 Å². The summed E-state index contributed by atoms with van der Waals surface area (Å²) in [6.45, 7) is 4.80. The second kappa shape index (κ2) is 7.43. The summed E-state index contributed by atoms with van der Waals surface area (Å²) in [6.07, 6.45) is 1.99. The van der Waals surface area contributed by atoms with E-state index in [-0.39, 0.29) is 0 Å². The Labute approximate surface area is 163 Å². The van der Waals surface area contributed by atoms with Gasteiger partial charge in [0.25, 0.3) is 0 Å². The van der Waals surface area contributed by atoms with Gasteiger partial charge in [0.2, 0.25) is 10.0 Å². The van der Waals surface area contributed by atoms with Gasteiger partial charge in [-0.2, -0.15) is 4.31 Å². The van der Waals surface area contributed by atoms with Gasteiger partial charge in [-0.15, -0.1) is 0 Å². The smallest absolute Gasteiger partial charge is 0.207 e. The topological polar surface area (TPSA) is 37.4 Å². The summed E-state index contributed by atoms with van der Waals surface area (Å²) in [5.41, 5.74) is 4.37. The summed E-state index contributed by atoms with van der Waals surface area (Å²) in [7, 11) is -3.50. The van der Waals surface area contributed by atoms with Crippen molar-refractivity contribution >= 4 is 36.2 Å². The minimum Gasteiger partial charge on any atom is -0.207 e.